The summed E-state index contributed by atoms with van der Waals surface area (Å²) in [4.78, 5) is 23.7. The summed E-state index contributed by atoms with van der Waals surface area (Å²) in [7, 11) is 0. The Morgan fingerprint density at radius 1 is 1.47 bits per heavy atom. The Balaban J connectivity index is 2.41. The number of β-amino-alcohol motifs (C(OH)–C–C–N with tert-alkyl or cyclic N) is 1. The van der Waals surface area contributed by atoms with Gasteiger partial charge in [-0.25, -0.2) is 4.79 Å². The number of aliphatic hydroxyl groups excluding tert-OH is 1. The van der Waals surface area contributed by atoms with Gasteiger partial charge in [0.1, 0.15) is 0 Å². The van der Waals surface area contributed by atoms with Crippen molar-refractivity contribution >= 4 is 23.3 Å². The summed E-state index contributed by atoms with van der Waals surface area (Å²) in [6.45, 7) is 0.145. The zero-order valence-electron chi connectivity index (χ0n) is 8.96. The third-order valence-electron chi connectivity index (χ3n) is 2.67. The Morgan fingerprint density at radius 2 is 2.18 bits per heavy atom. The van der Waals surface area contributed by atoms with E-state index in [0.717, 1.165) is 0 Å². The van der Waals surface area contributed by atoms with Gasteiger partial charge in [0.2, 0.25) is 5.91 Å². The summed E-state index contributed by atoms with van der Waals surface area (Å²) in [5.41, 5.74) is 6.42. The van der Waals surface area contributed by atoms with Crippen LogP contribution in [-0.2, 0) is 4.79 Å². The first-order valence-corrected chi connectivity index (χ1v) is 5.10. The second-order valence-corrected chi connectivity index (χ2v) is 3.94. The lowest BCUT2D eigenvalue weighted by molar-refractivity contribution is -0.117. The number of aromatic carboxylic acids is 1. The lowest BCUT2D eigenvalue weighted by Gasteiger charge is -2.18. The van der Waals surface area contributed by atoms with Crippen molar-refractivity contribution in [1.82, 2.24) is 0 Å². The maximum Gasteiger partial charge on any atom is 0.335 e. The first-order valence-electron chi connectivity index (χ1n) is 5.10. The van der Waals surface area contributed by atoms with Crippen LogP contribution in [0.15, 0.2) is 18.2 Å². The number of carbonyl (C=O) groups is 2. The van der Waals surface area contributed by atoms with E-state index in [-0.39, 0.29) is 24.4 Å². The molecule has 0 bridgehead atoms. The number of aliphatic hydroxyl groups is 1. The van der Waals surface area contributed by atoms with E-state index in [2.05, 4.69) is 0 Å². The van der Waals surface area contributed by atoms with E-state index in [1.165, 1.54) is 23.1 Å². The molecule has 1 aliphatic heterocycles. The second-order valence-electron chi connectivity index (χ2n) is 3.94. The predicted octanol–water partition coefficient (Wildman–Crippen LogP) is 0.0646. The Morgan fingerprint density at radius 3 is 2.71 bits per heavy atom. The van der Waals surface area contributed by atoms with Crippen molar-refractivity contribution in [2.45, 2.75) is 12.5 Å². The molecule has 0 radical (unpaired) electrons. The molecule has 1 aliphatic rings. The zero-order valence-corrected chi connectivity index (χ0v) is 8.96. The van der Waals surface area contributed by atoms with Crippen molar-refractivity contribution in [2.75, 3.05) is 17.2 Å². The number of nitrogens with zero attached hydrogens (tertiary/aromatic N) is 1. The van der Waals surface area contributed by atoms with Gasteiger partial charge in [-0.1, -0.05) is 0 Å². The number of benzene rings is 1. The van der Waals surface area contributed by atoms with E-state index in [4.69, 9.17) is 10.8 Å². The van der Waals surface area contributed by atoms with Gasteiger partial charge in [0, 0.05) is 0 Å². The number of anilines is 2. The Labute approximate surface area is 97.3 Å². The van der Waals surface area contributed by atoms with Crippen LogP contribution in [0.25, 0.3) is 0 Å². The fourth-order valence-electron chi connectivity index (χ4n) is 1.83. The Bertz CT molecular complexity index is 486. The molecule has 17 heavy (non-hydrogen) atoms. The predicted molar refractivity (Wildman–Crippen MR) is 60.8 cm³/mol. The van der Waals surface area contributed by atoms with Gasteiger partial charge in [-0.05, 0) is 18.2 Å². The van der Waals surface area contributed by atoms with Gasteiger partial charge in [-0.15, -0.1) is 0 Å². The third-order valence-corrected chi connectivity index (χ3v) is 2.67. The van der Waals surface area contributed by atoms with Crippen molar-refractivity contribution in [3.8, 4) is 0 Å². The molecule has 1 amide bonds. The Hall–Kier alpha value is -2.08. The molecule has 0 saturated carbocycles. The minimum Gasteiger partial charge on any atom is -0.478 e. The van der Waals surface area contributed by atoms with Crippen LogP contribution in [0.2, 0.25) is 0 Å². The number of hydrogen-bond donors (Lipinski definition) is 3. The number of nitrogens with two attached hydrogens (primary N) is 1. The van der Waals surface area contributed by atoms with Crippen LogP contribution < -0.4 is 10.6 Å². The highest BCUT2D eigenvalue weighted by Crippen LogP contribution is 2.28. The fourth-order valence-corrected chi connectivity index (χ4v) is 1.83. The monoisotopic (exact) mass is 236 g/mol. The average Bonchev–Trinajstić information content (AvgIpc) is 2.58. The summed E-state index contributed by atoms with van der Waals surface area (Å²) in [6, 6.07) is 4.16. The zero-order chi connectivity index (χ0) is 12.6. The molecule has 1 unspecified atom stereocenters. The van der Waals surface area contributed by atoms with Crippen LogP contribution in [0, 0.1) is 0 Å². The van der Waals surface area contributed by atoms with Crippen LogP contribution in [0.5, 0.6) is 0 Å². The standard InChI is InChI=1S/C11H12N2O4/c12-8-2-1-6(11(16)17)3-9(8)13-5-7(14)4-10(13)15/h1-3,7,14H,4-5,12H2,(H,16,17). The quantitative estimate of drug-likeness (QED) is 0.630. The molecule has 1 aromatic rings. The molecule has 0 spiro atoms. The van der Waals surface area contributed by atoms with Crippen LogP contribution in [0.4, 0.5) is 11.4 Å². The van der Waals surface area contributed by atoms with Gasteiger partial charge in [0.05, 0.1) is 36.0 Å². The third kappa shape index (κ3) is 2.07. The van der Waals surface area contributed by atoms with E-state index in [1.54, 1.807) is 0 Å². The van der Waals surface area contributed by atoms with Gasteiger partial charge in [-0.3, -0.25) is 4.79 Å². The molecule has 6 heteroatoms. The van der Waals surface area contributed by atoms with E-state index in [1.807, 2.05) is 0 Å². The number of carboxylic acid groups (broad SMARTS) is 1. The molecule has 0 aromatic heterocycles. The fraction of sp³-hybridized carbons (Fsp3) is 0.273. The highest BCUT2D eigenvalue weighted by molar-refractivity contribution is 6.00. The number of nitrogen functional groups attached to an aromatic ring is 1. The van der Waals surface area contributed by atoms with Crippen LogP contribution >= 0.6 is 0 Å². The number of rotatable bonds is 2. The molecule has 2 rings (SSSR count). The van der Waals surface area contributed by atoms with E-state index in [9.17, 15) is 14.7 Å². The van der Waals surface area contributed by atoms with Crippen LogP contribution in [0.1, 0.15) is 16.8 Å². The molecular formula is C11H12N2O4. The summed E-state index contributed by atoms with van der Waals surface area (Å²) in [5.74, 6) is -1.34. The van der Waals surface area contributed by atoms with Crippen molar-refractivity contribution < 1.29 is 19.8 Å². The highest BCUT2D eigenvalue weighted by Gasteiger charge is 2.30. The number of carbonyl (C=O) groups excluding carboxylic acids is 1. The second kappa shape index (κ2) is 4.06. The molecule has 1 saturated heterocycles. The maximum absolute atomic E-state index is 11.6. The largest absolute Gasteiger partial charge is 0.478 e. The van der Waals surface area contributed by atoms with Crippen molar-refractivity contribution in [3.05, 3.63) is 23.8 Å². The normalized spacial score (nSPS) is 19.7. The summed E-state index contributed by atoms with van der Waals surface area (Å²) in [5, 5.41) is 18.2. The van der Waals surface area contributed by atoms with Gasteiger partial charge in [0.25, 0.3) is 0 Å². The van der Waals surface area contributed by atoms with Crippen molar-refractivity contribution in [3.63, 3.8) is 0 Å². The first-order chi connectivity index (χ1) is 7.99. The lowest BCUT2D eigenvalue weighted by Crippen LogP contribution is -2.26. The highest BCUT2D eigenvalue weighted by atomic mass is 16.4. The molecule has 1 aromatic carbocycles. The van der Waals surface area contributed by atoms with Gasteiger partial charge >= 0.3 is 5.97 Å². The molecule has 4 N–H and O–H groups in total. The summed E-state index contributed by atoms with van der Waals surface area (Å²) >= 11 is 0. The summed E-state index contributed by atoms with van der Waals surface area (Å²) < 4.78 is 0. The van der Waals surface area contributed by atoms with Crippen molar-refractivity contribution in [1.29, 1.82) is 0 Å². The number of hydrogen-bond acceptors (Lipinski definition) is 4. The van der Waals surface area contributed by atoms with E-state index in [0.29, 0.717) is 11.4 Å². The minimum atomic E-state index is -1.08. The Kier molecular flexibility index (Phi) is 2.72. The number of amides is 1. The minimum absolute atomic E-state index is 0.0384. The number of carboxylic acids is 1. The molecule has 6 nitrogen and oxygen atoms in total. The maximum atomic E-state index is 11.6. The molecular weight excluding hydrogens is 224 g/mol. The summed E-state index contributed by atoms with van der Waals surface area (Å²) in [6.07, 6.45) is -0.688. The topological polar surface area (TPSA) is 104 Å². The molecule has 1 fully saturated rings. The first kappa shape index (κ1) is 11.4. The van der Waals surface area contributed by atoms with Gasteiger partial charge < -0.3 is 20.8 Å². The average molecular weight is 236 g/mol. The SMILES string of the molecule is Nc1ccc(C(=O)O)cc1N1CC(O)CC1=O. The van der Waals surface area contributed by atoms with Crippen LogP contribution in [-0.4, -0.2) is 34.7 Å². The van der Waals surface area contributed by atoms with Crippen molar-refractivity contribution in [2.24, 2.45) is 0 Å². The van der Waals surface area contributed by atoms with E-state index < -0.39 is 12.1 Å². The molecule has 0 aliphatic carbocycles. The van der Waals surface area contributed by atoms with Crippen LogP contribution in [0.3, 0.4) is 0 Å². The lowest BCUT2D eigenvalue weighted by atomic mass is 10.1. The molecule has 1 atom stereocenters. The van der Waals surface area contributed by atoms with Gasteiger partial charge in [0.15, 0.2) is 0 Å². The van der Waals surface area contributed by atoms with E-state index >= 15 is 0 Å². The smallest absolute Gasteiger partial charge is 0.335 e. The molecule has 90 valence electrons. The molecule has 1 heterocycles. The van der Waals surface area contributed by atoms with Gasteiger partial charge in [-0.2, -0.15) is 0 Å².